The summed E-state index contributed by atoms with van der Waals surface area (Å²) in [5.74, 6) is 0. The Labute approximate surface area is 72.5 Å². The van der Waals surface area contributed by atoms with Crippen LogP contribution in [0.1, 0.15) is 5.56 Å². The van der Waals surface area contributed by atoms with Crippen LogP contribution in [0.15, 0.2) is 23.2 Å². The van der Waals surface area contributed by atoms with Crippen LogP contribution < -0.4 is 4.90 Å². The van der Waals surface area contributed by atoms with Crippen molar-refractivity contribution in [3.05, 3.63) is 23.8 Å². The molecule has 0 saturated heterocycles. The van der Waals surface area contributed by atoms with Gasteiger partial charge < -0.3 is 4.90 Å². The lowest BCUT2D eigenvalue weighted by molar-refractivity contribution is 1.05. The van der Waals surface area contributed by atoms with Crippen LogP contribution in [0, 0.1) is 6.92 Å². The van der Waals surface area contributed by atoms with Crippen molar-refractivity contribution in [2.45, 2.75) is 6.92 Å². The first kappa shape index (κ1) is 7.35. The molecule has 0 amide bonds. The molecule has 1 heterocycles. The summed E-state index contributed by atoms with van der Waals surface area (Å²) < 4.78 is 0. The number of nitrogens with zero attached hydrogens (tertiary/aromatic N) is 2. The van der Waals surface area contributed by atoms with Gasteiger partial charge in [-0.15, -0.1) is 0 Å². The van der Waals surface area contributed by atoms with Crippen molar-refractivity contribution >= 4 is 17.6 Å². The van der Waals surface area contributed by atoms with Crippen LogP contribution in [0.2, 0.25) is 0 Å². The van der Waals surface area contributed by atoms with Gasteiger partial charge in [0.1, 0.15) is 0 Å². The van der Waals surface area contributed by atoms with E-state index in [0.717, 1.165) is 12.2 Å². The van der Waals surface area contributed by atoms with E-state index in [-0.39, 0.29) is 0 Å². The average Bonchev–Trinajstić information content (AvgIpc) is 2.04. The first-order valence-electron chi connectivity index (χ1n) is 4.12. The van der Waals surface area contributed by atoms with E-state index in [1.54, 1.807) is 0 Å². The molecule has 0 radical (unpaired) electrons. The van der Waals surface area contributed by atoms with E-state index in [2.05, 4.69) is 42.1 Å². The van der Waals surface area contributed by atoms with Gasteiger partial charge in [-0.3, -0.25) is 4.99 Å². The van der Waals surface area contributed by atoms with E-state index in [1.165, 1.54) is 11.3 Å². The zero-order chi connectivity index (χ0) is 8.55. The third kappa shape index (κ3) is 1.09. The number of aliphatic imine (C=N–C) groups is 1. The van der Waals surface area contributed by atoms with E-state index in [4.69, 9.17) is 0 Å². The number of aryl methyl sites for hydroxylation is 1. The Hall–Kier alpha value is -1.31. The molecule has 0 N–H and O–H groups in total. The molecule has 0 aliphatic carbocycles. The molecule has 1 aliphatic rings. The zero-order valence-corrected chi connectivity index (χ0v) is 7.41. The third-order valence-corrected chi connectivity index (χ3v) is 2.13. The predicted molar refractivity (Wildman–Crippen MR) is 52.6 cm³/mol. The highest BCUT2D eigenvalue weighted by Gasteiger charge is 2.08. The third-order valence-electron chi connectivity index (χ3n) is 2.13. The van der Waals surface area contributed by atoms with Gasteiger partial charge in [0.15, 0.2) is 0 Å². The van der Waals surface area contributed by atoms with Gasteiger partial charge in [-0.25, -0.2) is 0 Å². The van der Waals surface area contributed by atoms with Gasteiger partial charge in [-0.05, 0) is 24.6 Å². The molecule has 0 bridgehead atoms. The van der Waals surface area contributed by atoms with Crippen molar-refractivity contribution in [1.82, 2.24) is 0 Å². The SMILES string of the molecule is Cc1ccc2c(c1)N=CCN2C. The minimum absolute atomic E-state index is 0.913. The molecule has 62 valence electrons. The minimum Gasteiger partial charge on any atom is -0.368 e. The topological polar surface area (TPSA) is 15.6 Å². The van der Waals surface area contributed by atoms with Crippen molar-refractivity contribution in [3.63, 3.8) is 0 Å². The number of hydrogen-bond donors (Lipinski definition) is 0. The van der Waals surface area contributed by atoms with Gasteiger partial charge in [0.25, 0.3) is 0 Å². The van der Waals surface area contributed by atoms with E-state index < -0.39 is 0 Å². The summed E-state index contributed by atoms with van der Waals surface area (Å²) in [5, 5.41) is 0. The van der Waals surface area contributed by atoms with Gasteiger partial charge in [0.2, 0.25) is 0 Å². The Kier molecular flexibility index (Phi) is 1.61. The second kappa shape index (κ2) is 2.63. The van der Waals surface area contributed by atoms with E-state index in [9.17, 15) is 0 Å². The second-order valence-electron chi connectivity index (χ2n) is 3.18. The Morgan fingerprint density at radius 3 is 3.08 bits per heavy atom. The first-order chi connectivity index (χ1) is 5.77. The lowest BCUT2D eigenvalue weighted by Crippen LogP contribution is -2.21. The van der Waals surface area contributed by atoms with Crippen molar-refractivity contribution < 1.29 is 0 Å². The molecule has 2 nitrogen and oxygen atoms in total. The van der Waals surface area contributed by atoms with E-state index in [1.807, 2.05) is 6.21 Å². The molecule has 2 heteroatoms. The molecule has 1 aliphatic heterocycles. The van der Waals surface area contributed by atoms with E-state index in [0.29, 0.717) is 0 Å². The second-order valence-corrected chi connectivity index (χ2v) is 3.18. The summed E-state index contributed by atoms with van der Waals surface area (Å²) >= 11 is 0. The molecule has 1 aromatic carbocycles. The summed E-state index contributed by atoms with van der Waals surface area (Å²) in [7, 11) is 2.08. The zero-order valence-electron chi connectivity index (χ0n) is 7.41. The van der Waals surface area contributed by atoms with Crippen LogP contribution in [0.3, 0.4) is 0 Å². The Balaban J connectivity index is 2.55. The standard InChI is InChI=1S/C10H12N2/c1-8-3-4-10-9(7-8)11-5-6-12(10)2/h3-5,7H,6H2,1-2H3. The summed E-state index contributed by atoms with van der Waals surface area (Å²) in [6.45, 7) is 3.00. The summed E-state index contributed by atoms with van der Waals surface area (Å²) in [6, 6.07) is 6.36. The lowest BCUT2D eigenvalue weighted by atomic mass is 10.1. The number of hydrogen-bond acceptors (Lipinski definition) is 2. The Morgan fingerprint density at radius 2 is 2.25 bits per heavy atom. The molecule has 2 rings (SSSR count). The highest BCUT2D eigenvalue weighted by Crippen LogP contribution is 2.30. The minimum atomic E-state index is 0.913. The van der Waals surface area contributed by atoms with Gasteiger partial charge in [-0.1, -0.05) is 6.07 Å². The maximum absolute atomic E-state index is 4.34. The Bertz CT molecular complexity index is 329. The maximum Gasteiger partial charge on any atom is 0.0862 e. The van der Waals surface area contributed by atoms with Gasteiger partial charge >= 0.3 is 0 Å². The fourth-order valence-corrected chi connectivity index (χ4v) is 1.42. The van der Waals surface area contributed by atoms with Gasteiger partial charge in [-0.2, -0.15) is 0 Å². The highest BCUT2D eigenvalue weighted by atomic mass is 15.1. The van der Waals surface area contributed by atoms with Gasteiger partial charge in [0, 0.05) is 13.3 Å². The van der Waals surface area contributed by atoms with Crippen molar-refractivity contribution in [2.75, 3.05) is 18.5 Å². The number of fused-ring (bicyclic) bond motifs is 1. The smallest absolute Gasteiger partial charge is 0.0862 e. The number of rotatable bonds is 0. The van der Waals surface area contributed by atoms with Crippen LogP contribution in [-0.4, -0.2) is 19.8 Å². The lowest BCUT2D eigenvalue weighted by Gasteiger charge is -2.22. The van der Waals surface area contributed by atoms with Crippen LogP contribution in [-0.2, 0) is 0 Å². The normalized spacial score (nSPS) is 14.7. The molecule has 0 unspecified atom stereocenters. The largest absolute Gasteiger partial charge is 0.368 e. The average molecular weight is 160 g/mol. The fourth-order valence-electron chi connectivity index (χ4n) is 1.42. The summed E-state index contributed by atoms with van der Waals surface area (Å²) in [5.41, 5.74) is 3.58. The number of benzene rings is 1. The van der Waals surface area contributed by atoms with Crippen LogP contribution >= 0.6 is 0 Å². The quantitative estimate of drug-likeness (QED) is 0.567. The van der Waals surface area contributed by atoms with Crippen LogP contribution in [0.5, 0.6) is 0 Å². The highest BCUT2D eigenvalue weighted by molar-refractivity contribution is 5.81. The molecule has 0 atom stereocenters. The molecule has 12 heavy (non-hydrogen) atoms. The number of anilines is 1. The maximum atomic E-state index is 4.34. The van der Waals surface area contributed by atoms with Crippen molar-refractivity contribution in [2.24, 2.45) is 4.99 Å². The summed E-state index contributed by atoms with van der Waals surface area (Å²) in [4.78, 5) is 6.53. The van der Waals surface area contributed by atoms with Crippen molar-refractivity contribution in [1.29, 1.82) is 0 Å². The van der Waals surface area contributed by atoms with Crippen molar-refractivity contribution in [3.8, 4) is 0 Å². The molecule has 0 saturated carbocycles. The summed E-state index contributed by atoms with van der Waals surface area (Å²) in [6.07, 6.45) is 1.95. The molecule has 1 aromatic rings. The first-order valence-corrected chi connectivity index (χ1v) is 4.12. The Morgan fingerprint density at radius 1 is 1.42 bits per heavy atom. The molecular weight excluding hydrogens is 148 g/mol. The monoisotopic (exact) mass is 160 g/mol. The molecule has 0 fully saturated rings. The van der Waals surface area contributed by atoms with Gasteiger partial charge in [0.05, 0.1) is 17.9 Å². The van der Waals surface area contributed by atoms with E-state index >= 15 is 0 Å². The molecule has 0 aromatic heterocycles. The predicted octanol–water partition coefficient (Wildman–Crippen LogP) is 2.15. The van der Waals surface area contributed by atoms with Crippen LogP contribution in [0.4, 0.5) is 11.4 Å². The fraction of sp³-hybridized carbons (Fsp3) is 0.300. The molecule has 0 spiro atoms. The molecular formula is C10H12N2. The van der Waals surface area contributed by atoms with Crippen LogP contribution in [0.25, 0.3) is 0 Å².